The van der Waals surface area contributed by atoms with E-state index in [1.54, 1.807) is 0 Å². The summed E-state index contributed by atoms with van der Waals surface area (Å²) in [5.41, 5.74) is 1.47. The maximum Gasteiger partial charge on any atom is 0.348 e. The van der Waals surface area contributed by atoms with Gasteiger partial charge in [0.2, 0.25) is 0 Å². The average molecular weight is 417 g/mol. The van der Waals surface area contributed by atoms with Gasteiger partial charge >= 0.3 is 17.9 Å². The van der Waals surface area contributed by atoms with Gasteiger partial charge in [-0.15, -0.1) is 11.3 Å². The summed E-state index contributed by atoms with van der Waals surface area (Å²) in [6.45, 7) is -0.503. The van der Waals surface area contributed by atoms with Crippen molar-refractivity contribution >= 4 is 40.8 Å². The highest BCUT2D eigenvalue weighted by atomic mass is 32.1. The zero-order chi connectivity index (χ0) is 21.0. The Morgan fingerprint density at radius 3 is 2.17 bits per heavy atom. The minimum absolute atomic E-state index is 0.0656. The van der Waals surface area contributed by atoms with Crippen molar-refractivity contribution in [1.29, 1.82) is 0 Å². The van der Waals surface area contributed by atoms with E-state index in [0.717, 1.165) is 19.3 Å². The van der Waals surface area contributed by atoms with Crippen molar-refractivity contribution < 1.29 is 33.4 Å². The first-order valence-corrected chi connectivity index (χ1v) is 9.63. The number of carbonyl (C=O) groups is 4. The highest BCUT2D eigenvalue weighted by Crippen LogP contribution is 2.30. The van der Waals surface area contributed by atoms with Gasteiger partial charge in [-0.2, -0.15) is 0 Å². The van der Waals surface area contributed by atoms with Crippen LogP contribution in [0.5, 0.6) is 0 Å². The Morgan fingerprint density at radius 2 is 1.59 bits per heavy atom. The van der Waals surface area contributed by atoms with Crippen molar-refractivity contribution in [1.82, 2.24) is 0 Å². The van der Waals surface area contributed by atoms with Crippen molar-refractivity contribution in [3.05, 3.63) is 50.7 Å². The van der Waals surface area contributed by atoms with Crippen LogP contribution in [0, 0.1) is 0 Å². The number of rotatable bonds is 6. The zero-order valence-corrected chi connectivity index (χ0v) is 16.7. The molecule has 8 nitrogen and oxygen atoms in total. The topological polar surface area (TPSA) is 108 Å². The van der Waals surface area contributed by atoms with Crippen LogP contribution >= 0.6 is 11.3 Å². The molecule has 1 amide bonds. The molecule has 1 heterocycles. The van der Waals surface area contributed by atoms with Gasteiger partial charge in [0.15, 0.2) is 6.61 Å². The summed E-state index contributed by atoms with van der Waals surface area (Å²) in [5, 5.41) is 2.50. The molecular formula is C20H19NO7S. The number of carbonyl (C=O) groups excluding carboxylic acids is 4. The van der Waals surface area contributed by atoms with Gasteiger partial charge in [0.05, 0.1) is 25.3 Å². The number of methoxy groups -OCH3 is 2. The quantitative estimate of drug-likeness (QED) is 0.568. The van der Waals surface area contributed by atoms with Crippen LogP contribution in [-0.2, 0) is 31.8 Å². The van der Waals surface area contributed by atoms with Crippen LogP contribution in [-0.4, -0.2) is 44.6 Å². The third-order valence-corrected chi connectivity index (χ3v) is 5.56. The maximum atomic E-state index is 12.2. The van der Waals surface area contributed by atoms with E-state index in [0.29, 0.717) is 4.88 Å². The number of hydrogen-bond donors (Lipinski definition) is 1. The number of nitrogens with one attached hydrogen (secondary N) is 1. The minimum atomic E-state index is -0.677. The summed E-state index contributed by atoms with van der Waals surface area (Å²) in [5.74, 6) is -2.52. The van der Waals surface area contributed by atoms with Gasteiger partial charge in [0.1, 0.15) is 4.88 Å². The Bertz CT molecular complexity index is 923. The number of hydrogen-bond acceptors (Lipinski definition) is 8. The Kier molecular flexibility index (Phi) is 6.28. The summed E-state index contributed by atoms with van der Waals surface area (Å²) in [6, 6.07) is 5.81. The van der Waals surface area contributed by atoms with Crippen LogP contribution < -0.4 is 5.32 Å². The molecule has 0 saturated carbocycles. The van der Waals surface area contributed by atoms with Crippen LogP contribution in [0.4, 0.5) is 5.69 Å². The Balaban J connectivity index is 1.65. The summed E-state index contributed by atoms with van der Waals surface area (Å²) < 4.78 is 14.4. The van der Waals surface area contributed by atoms with Gasteiger partial charge < -0.3 is 19.5 Å². The van der Waals surface area contributed by atoms with E-state index >= 15 is 0 Å². The summed E-state index contributed by atoms with van der Waals surface area (Å²) >= 11 is 1.39. The van der Waals surface area contributed by atoms with E-state index in [4.69, 9.17) is 4.74 Å². The van der Waals surface area contributed by atoms with Gasteiger partial charge in [-0.1, -0.05) is 0 Å². The third kappa shape index (κ3) is 4.80. The van der Waals surface area contributed by atoms with E-state index in [1.165, 1.54) is 54.2 Å². The van der Waals surface area contributed by atoms with Crippen molar-refractivity contribution in [2.45, 2.75) is 19.3 Å². The second kappa shape index (κ2) is 8.87. The lowest BCUT2D eigenvalue weighted by Gasteiger charge is -2.10. The first kappa shape index (κ1) is 20.5. The SMILES string of the molecule is COC(=O)c1cc(NC(=O)COC(=O)c2cc3c(s2)CCC3)cc(C(=O)OC)c1. The number of fused-ring (bicyclic) bond motifs is 1. The lowest BCUT2D eigenvalue weighted by atomic mass is 10.1. The summed E-state index contributed by atoms with van der Waals surface area (Å²) in [4.78, 5) is 49.6. The fourth-order valence-corrected chi connectivity index (χ4v) is 4.15. The molecule has 0 atom stereocenters. The van der Waals surface area contributed by atoms with Crippen LogP contribution in [0.2, 0.25) is 0 Å². The van der Waals surface area contributed by atoms with Crippen molar-refractivity contribution in [3.8, 4) is 0 Å². The van der Waals surface area contributed by atoms with E-state index in [-0.39, 0.29) is 16.8 Å². The molecule has 0 unspecified atom stereocenters. The Labute approximate surface area is 170 Å². The van der Waals surface area contributed by atoms with Crippen molar-refractivity contribution in [3.63, 3.8) is 0 Å². The van der Waals surface area contributed by atoms with Gasteiger partial charge in [-0.3, -0.25) is 4.79 Å². The molecule has 0 spiro atoms. The molecule has 9 heteroatoms. The number of anilines is 1. The molecule has 1 N–H and O–H groups in total. The molecule has 0 bridgehead atoms. The molecule has 2 aromatic rings. The fraction of sp³-hybridized carbons (Fsp3) is 0.300. The number of esters is 3. The standard InChI is InChI=1S/C20H19NO7S/c1-26-18(23)12-6-13(19(24)27-2)8-14(7-12)21-17(22)10-28-20(25)16-9-11-4-3-5-15(11)29-16/h6-9H,3-5,10H2,1-2H3,(H,21,22). The molecule has 152 valence electrons. The van der Waals surface area contributed by atoms with Crippen LogP contribution in [0.25, 0.3) is 0 Å². The van der Waals surface area contributed by atoms with E-state index < -0.39 is 30.4 Å². The Hall–Kier alpha value is -3.20. The van der Waals surface area contributed by atoms with Gasteiger partial charge in [-0.25, -0.2) is 14.4 Å². The van der Waals surface area contributed by atoms with Gasteiger partial charge in [0.25, 0.3) is 5.91 Å². The fourth-order valence-electron chi connectivity index (χ4n) is 3.00. The maximum absolute atomic E-state index is 12.2. The number of amides is 1. The van der Waals surface area contributed by atoms with E-state index in [1.807, 2.05) is 6.07 Å². The smallest absolute Gasteiger partial charge is 0.348 e. The van der Waals surface area contributed by atoms with Gasteiger partial charge in [0, 0.05) is 10.6 Å². The molecule has 0 saturated heterocycles. The van der Waals surface area contributed by atoms with E-state index in [9.17, 15) is 19.2 Å². The normalized spacial score (nSPS) is 12.1. The van der Waals surface area contributed by atoms with Crippen LogP contribution in [0.1, 0.15) is 47.2 Å². The Morgan fingerprint density at radius 1 is 0.931 bits per heavy atom. The molecule has 1 aromatic heterocycles. The molecule has 1 aromatic carbocycles. The molecule has 0 aliphatic heterocycles. The lowest BCUT2D eigenvalue weighted by molar-refractivity contribution is -0.119. The largest absolute Gasteiger partial charge is 0.465 e. The summed E-state index contributed by atoms with van der Waals surface area (Å²) in [6.07, 6.45) is 3.02. The van der Waals surface area contributed by atoms with Crippen LogP contribution in [0.3, 0.4) is 0 Å². The van der Waals surface area contributed by atoms with Gasteiger partial charge in [-0.05, 0) is 49.1 Å². The number of benzene rings is 1. The first-order chi connectivity index (χ1) is 13.9. The zero-order valence-electron chi connectivity index (χ0n) is 15.9. The highest BCUT2D eigenvalue weighted by molar-refractivity contribution is 7.14. The molecule has 29 heavy (non-hydrogen) atoms. The molecule has 1 aliphatic carbocycles. The van der Waals surface area contributed by atoms with E-state index in [2.05, 4.69) is 14.8 Å². The van der Waals surface area contributed by atoms with Crippen molar-refractivity contribution in [2.75, 3.05) is 26.1 Å². The number of ether oxygens (including phenoxy) is 3. The first-order valence-electron chi connectivity index (χ1n) is 8.81. The third-order valence-electron chi connectivity index (χ3n) is 4.34. The van der Waals surface area contributed by atoms with Crippen LogP contribution in [0.15, 0.2) is 24.3 Å². The van der Waals surface area contributed by atoms with Crippen molar-refractivity contribution in [2.24, 2.45) is 0 Å². The monoisotopic (exact) mass is 417 g/mol. The second-order valence-electron chi connectivity index (χ2n) is 6.32. The number of thiophene rings is 1. The molecule has 0 fully saturated rings. The number of aryl methyl sites for hydroxylation is 2. The lowest BCUT2D eigenvalue weighted by Crippen LogP contribution is -2.21. The predicted octanol–water partition coefficient (Wildman–Crippen LogP) is 2.61. The second-order valence-corrected chi connectivity index (χ2v) is 7.46. The predicted molar refractivity (Wildman–Crippen MR) is 104 cm³/mol. The highest BCUT2D eigenvalue weighted by Gasteiger charge is 2.20. The molecule has 1 aliphatic rings. The molecule has 0 radical (unpaired) electrons. The average Bonchev–Trinajstić information content (AvgIpc) is 3.32. The molecule has 3 rings (SSSR count). The minimum Gasteiger partial charge on any atom is -0.465 e. The molecular weight excluding hydrogens is 398 g/mol. The summed E-state index contributed by atoms with van der Waals surface area (Å²) in [7, 11) is 2.40.